The number of nitrogens with zero attached hydrogens (tertiary/aromatic N) is 1. The van der Waals surface area contributed by atoms with Gasteiger partial charge in [-0.1, -0.05) is 31.0 Å². The van der Waals surface area contributed by atoms with E-state index in [2.05, 4.69) is 33.8 Å². The van der Waals surface area contributed by atoms with E-state index in [1.165, 1.54) is 29.3 Å². The van der Waals surface area contributed by atoms with Crippen LogP contribution >= 0.6 is 11.3 Å². The monoisotopic (exact) mass is 317 g/mol. The molecule has 3 rings (SSSR count). The SMILES string of the molecule is CN=C(NCCC1CC1)NCC(O)c1cc2ccccc2s1. The lowest BCUT2D eigenvalue weighted by molar-refractivity contribution is 0.184. The Labute approximate surface area is 135 Å². The Bertz CT molecular complexity index is 615. The van der Waals surface area contributed by atoms with E-state index in [1.54, 1.807) is 18.4 Å². The molecule has 1 aromatic heterocycles. The highest BCUT2D eigenvalue weighted by molar-refractivity contribution is 7.19. The van der Waals surface area contributed by atoms with Crippen LogP contribution in [0.5, 0.6) is 0 Å². The average molecular weight is 317 g/mol. The largest absolute Gasteiger partial charge is 0.386 e. The number of rotatable bonds is 6. The zero-order valence-electron chi connectivity index (χ0n) is 12.9. The summed E-state index contributed by atoms with van der Waals surface area (Å²) < 4.78 is 1.21. The molecule has 1 atom stereocenters. The fraction of sp³-hybridized carbons (Fsp3) is 0.471. The minimum atomic E-state index is -0.514. The summed E-state index contributed by atoms with van der Waals surface area (Å²) in [5, 5.41) is 18.1. The van der Waals surface area contributed by atoms with Crippen molar-refractivity contribution in [1.29, 1.82) is 0 Å². The van der Waals surface area contributed by atoms with Crippen molar-refractivity contribution in [2.24, 2.45) is 10.9 Å². The Morgan fingerprint density at radius 1 is 1.36 bits per heavy atom. The van der Waals surface area contributed by atoms with Crippen LogP contribution in [0.4, 0.5) is 0 Å². The first-order valence-electron chi connectivity index (χ1n) is 7.87. The Kier molecular flexibility index (Phi) is 4.95. The third-order valence-corrected chi connectivity index (χ3v) is 5.22. The highest BCUT2D eigenvalue weighted by atomic mass is 32.1. The predicted octanol–water partition coefficient (Wildman–Crippen LogP) is 2.90. The number of thiophene rings is 1. The molecule has 0 saturated heterocycles. The van der Waals surface area contributed by atoms with Gasteiger partial charge >= 0.3 is 0 Å². The van der Waals surface area contributed by atoms with Gasteiger partial charge in [-0.25, -0.2) is 0 Å². The molecule has 0 spiro atoms. The maximum Gasteiger partial charge on any atom is 0.191 e. The minimum Gasteiger partial charge on any atom is -0.386 e. The molecule has 1 unspecified atom stereocenters. The van der Waals surface area contributed by atoms with Gasteiger partial charge in [-0.2, -0.15) is 0 Å². The minimum absolute atomic E-state index is 0.468. The molecular formula is C17H23N3OS. The second kappa shape index (κ2) is 7.11. The van der Waals surface area contributed by atoms with Crippen molar-refractivity contribution in [2.75, 3.05) is 20.1 Å². The van der Waals surface area contributed by atoms with Gasteiger partial charge in [0, 0.05) is 29.7 Å². The first kappa shape index (κ1) is 15.3. The number of aliphatic hydroxyl groups is 1. The van der Waals surface area contributed by atoms with E-state index in [1.807, 2.05) is 12.1 Å². The highest BCUT2D eigenvalue weighted by Gasteiger charge is 2.20. The Morgan fingerprint density at radius 3 is 2.91 bits per heavy atom. The van der Waals surface area contributed by atoms with Gasteiger partial charge in [0.05, 0.1) is 0 Å². The van der Waals surface area contributed by atoms with Gasteiger partial charge in [-0.05, 0) is 29.9 Å². The first-order valence-corrected chi connectivity index (χ1v) is 8.69. The van der Waals surface area contributed by atoms with Crippen LogP contribution in [0.2, 0.25) is 0 Å². The molecule has 1 saturated carbocycles. The molecule has 1 aromatic carbocycles. The van der Waals surface area contributed by atoms with Gasteiger partial charge in [-0.15, -0.1) is 11.3 Å². The molecule has 3 N–H and O–H groups in total. The molecule has 0 bridgehead atoms. The average Bonchev–Trinajstić information content (AvgIpc) is 3.25. The molecule has 0 radical (unpaired) electrons. The normalized spacial score (nSPS) is 16.7. The lowest BCUT2D eigenvalue weighted by Gasteiger charge is -2.14. The predicted molar refractivity (Wildman–Crippen MR) is 93.5 cm³/mol. The number of hydrogen-bond donors (Lipinski definition) is 3. The molecule has 4 nitrogen and oxygen atoms in total. The van der Waals surface area contributed by atoms with Gasteiger partial charge in [0.1, 0.15) is 6.10 Å². The van der Waals surface area contributed by atoms with Crippen LogP contribution in [-0.2, 0) is 0 Å². The summed E-state index contributed by atoms with van der Waals surface area (Å²) in [6.45, 7) is 1.42. The lowest BCUT2D eigenvalue weighted by atomic mass is 10.2. The molecule has 1 fully saturated rings. The van der Waals surface area contributed by atoms with Crippen LogP contribution in [0.3, 0.4) is 0 Å². The van der Waals surface area contributed by atoms with Gasteiger partial charge in [0.15, 0.2) is 5.96 Å². The van der Waals surface area contributed by atoms with Gasteiger partial charge in [0.25, 0.3) is 0 Å². The summed E-state index contributed by atoms with van der Waals surface area (Å²) in [4.78, 5) is 5.19. The van der Waals surface area contributed by atoms with Crippen molar-refractivity contribution in [3.05, 3.63) is 35.2 Å². The molecule has 1 heterocycles. The number of hydrogen-bond acceptors (Lipinski definition) is 3. The molecule has 2 aromatic rings. The molecule has 0 aliphatic heterocycles. The van der Waals surface area contributed by atoms with Crippen LogP contribution < -0.4 is 10.6 Å². The standard InChI is InChI=1S/C17H23N3OS/c1-18-17(19-9-8-12-6-7-12)20-11-14(21)16-10-13-4-2-3-5-15(13)22-16/h2-5,10,12,14,21H,6-9,11H2,1H3,(H2,18,19,20). The molecule has 1 aliphatic rings. The van der Waals surface area contributed by atoms with Crippen molar-refractivity contribution < 1.29 is 5.11 Å². The van der Waals surface area contributed by atoms with Crippen molar-refractivity contribution in [2.45, 2.75) is 25.4 Å². The fourth-order valence-corrected chi connectivity index (χ4v) is 3.53. The number of aliphatic hydroxyl groups excluding tert-OH is 1. The Balaban J connectivity index is 1.50. The summed E-state index contributed by atoms with van der Waals surface area (Å²) >= 11 is 1.64. The summed E-state index contributed by atoms with van der Waals surface area (Å²) in [5.41, 5.74) is 0. The number of aliphatic imine (C=N–C) groups is 1. The maximum atomic E-state index is 10.4. The second-order valence-electron chi connectivity index (χ2n) is 5.81. The smallest absolute Gasteiger partial charge is 0.191 e. The lowest BCUT2D eigenvalue weighted by Crippen LogP contribution is -2.39. The first-order chi connectivity index (χ1) is 10.8. The van der Waals surface area contributed by atoms with Gasteiger partial charge in [-0.3, -0.25) is 4.99 Å². The summed E-state index contributed by atoms with van der Waals surface area (Å²) in [6.07, 6.45) is 3.44. The second-order valence-corrected chi connectivity index (χ2v) is 6.93. The maximum absolute atomic E-state index is 10.4. The molecule has 0 amide bonds. The summed E-state index contributed by atoms with van der Waals surface area (Å²) in [7, 11) is 1.76. The van der Waals surface area contributed by atoms with Crippen molar-refractivity contribution in [3.63, 3.8) is 0 Å². The summed E-state index contributed by atoms with van der Waals surface area (Å²) in [6, 6.07) is 10.3. The zero-order valence-corrected chi connectivity index (χ0v) is 13.7. The van der Waals surface area contributed by atoms with E-state index in [0.717, 1.165) is 23.3 Å². The van der Waals surface area contributed by atoms with E-state index < -0.39 is 6.10 Å². The molecule has 22 heavy (non-hydrogen) atoms. The van der Waals surface area contributed by atoms with E-state index in [0.29, 0.717) is 6.54 Å². The van der Waals surface area contributed by atoms with Crippen molar-refractivity contribution in [1.82, 2.24) is 10.6 Å². The third-order valence-electron chi connectivity index (χ3n) is 4.00. The third kappa shape index (κ3) is 3.99. The van der Waals surface area contributed by atoms with Crippen molar-refractivity contribution in [3.8, 4) is 0 Å². The van der Waals surface area contributed by atoms with Crippen LogP contribution in [0, 0.1) is 5.92 Å². The Morgan fingerprint density at radius 2 is 2.18 bits per heavy atom. The fourth-order valence-electron chi connectivity index (χ4n) is 2.48. The quantitative estimate of drug-likeness (QED) is 0.567. The summed E-state index contributed by atoms with van der Waals surface area (Å²) in [5.74, 6) is 1.68. The Hall–Kier alpha value is -1.59. The van der Waals surface area contributed by atoms with Crippen molar-refractivity contribution >= 4 is 27.4 Å². The van der Waals surface area contributed by atoms with E-state index in [-0.39, 0.29) is 0 Å². The highest BCUT2D eigenvalue weighted by Crippen LogP contribution is 2.31. The van der Waals surface area contributed by atoms with E-state index >= 15 is 0 Å². The van der Waals surface area contributed by atoms with Gasteiger partial charge in [0.2, 0.25) is 0 Å². The zero-order chi connectivity index (χ0) is 15.4. The number of benzene rings is 1. The van der Waals surface area contributed by atoms with Gasteiger partial charge < -0.3 is 15.7 Å². The van der Waals surface area contributed by atoms with Crippen LogP contribution in [0.1, 0.15) is 30.2 Å². The van der Waals surface area contributed by atoms with Crippen LogP contribution in [0.15, 0.2) is 35.3 Å². The number of nitrogens with one attached hydrogen (secondary N) is 2. The molecule has 1 aliphatic carbocycles. The molecular weight excluding hydrogens is 294 g/mol. The molecule has 5 heteroatoms. The number of guanidine groups is 1. The van der Waals surface area contributed by atoms with E-state index in [4.69, 9.17) is 0 Å². The number of fused-ring (bicyclic) bond motifs is 1. The van der Waals surface area contributed by atoms with E-state index in [9.17, 15) is 5.11 Å². The molecule has 118 valence electrons. The van der Waals surface area contributed by atoms with Crippen LogP contribution in [-0.4, -0.2) is 31.2 Å². The topological polar surface area (TPSA) is 56.7 Å². The van der Waals surface area contributed by atoms with Crippen LogP contribution in [0.25, 0.3) is 10.1 Å².